The van der Waals surface area contributed by atoms with Crippen LogP contribution in [-0.2, 0) is 10.6 Å². The van der Waals surface area contributed by atoms with Gasteiger partial charge in [0.25, 0.3) is 0 Å². The summed E-state index contributed by atoms with van der Waals surface area (Å²) in [4.78, 5) is 0. The average molecular weight is 384 g/mol. The molecule has 4 heteroatoms. The van der Waals surface area contributed by atoms with E-state index >= 15 is 0 Å². The number of thiol groups is 2. The van der Waals surface area contributed by atoms with Gasteiger partial charge in [-0.15, -0.1) is 0 Å². The molecule has 1 rings (SSSR count). The van der Waals surface area contributed by atoms with Crippen LogP contribution in [0.4, 0.5) is 0 Å². The summed E-state index contributed by atoms with van der Waals surface area (Å²) in [6.45, 7) is 4.37. The zero-order chi connectivity index (χ0) is 12.0. The van der Waals surface area contributed by atoms with Crippen molar-refractivity contribution in [1.29, 1.82) is 0 Å². The fraction of sp³-hybridized carbons (Fsp3) is 0.500. The molecule has 0 N–H and O–H groups in total. The van der Waals surface area contributed by atoms with Crippen LogP contribution >= 0.6 is 25.3 Å². The van der Waals surface area contributed by atoms with Crippen LogP contribution < -0.4 is 0 Å². The summed E-state index contributed by atoms with van der Waals surface area (Å²) in [6.07, 6.45) is 0. The fourth-order valence-electron chi connectivity index (χ4n) is 1.26. The molecule has 0 spiro atoms. The van der Waals surface area contributed by atoms with E-state index in [-0.39, 0.29) is 0 Å². The molecule has 2 atom stereocenters. The summed E-state index contributed by atoms with van der Waals surface area (Å²) < 4.78 is 1.10. The number of hydrogen-bond acceptors (Lipinski definition) is 2. The summed E-state index contributed by atoms with van der Waals surface area (Å²) in [6, 6.07) is 8.84. The molecule has 0 heterocycles. The Morgan fingerprint density at radius 1 is 0.938 bits per heavy atom. The third-order valence-electron chi connectivity index (χ3n) is 2.08. The van der Waals surface area contributed by atoms with Crippen molar-refractivity contribution in [2.75, 3.05) is 0 Å². The molecule has 0 amide bonds. The molecule has 0 radical (unpaired) electrons. The summed E-state index contributed by atoms with van der Waals surface area (Å²) in [5.74, 6) is 0. The van der Waals surface area contributed by atoms with E-state index in [2.05, 4.69) is 63.4 Å². The SMILES string of the molecule is CC(S)[Se]Cc1ccccc1C[Se]C(C)S. The molecule has 0 fully saturated rings. The molecule has 2 unspecified atom stereocenters. The third kappa shape index (κ3) is 6.04. The van der Waals surface area contributed by atoms with Crippen LogP contribution in [0, 0.1) is 0 Å². The van der Waals surface area contributed by atoms with E-state index in [1.807, 2.05) is 0 Å². The van der Waals surface area contributed by atoms with E-state index in [9.17, 15) is 0 Å². The van der Waals surface area contributed by atoms with E-state index in [0.717, 1.165) is 0 Å². The zero-order valence-electron chi connectivity index (χ0n) is 9.59. The molecule has 0 saturated heterocycles. The van der Waals surface area contributed by atoms with Crippen molar-refractivity contribution >= 4 is 55.2 Å². The topological polar surface area (TPSA) is 0 Å². The van der Waals surface area contributed by atoms with Gasteiger partial charge in [0.2, 0.25) is 0 Å². The van der Waals surface area contributed by atoms with E-state index < -0.39 is 0 Å². The number of rotatable bonds is 6. The third-order valence-corrected chi connectivity index (χ3v) is 7.66. The quantitative estimate of drug-likeness (QED) is 0.547. The number of hydrogen-bond donors (Lipinski definition) is 2. The van der Waals surface area contributed by atoms with E-state index in [1.165, 1.54) is 21.8 Å². The second-order valence-electron chi connectivity index (χ2n) is 3.59. The van der Waals surface area contributed by atoms with Crippen molar-refractivity contribution in [2.24, 2.45) is 0 Å². The van der Waals surface area contributed by atoms with Crippen molar-refractivity contribution in [3.8, 4) is 0 Å². The first kappa shape index (κ1) is 15.0. The summed E-state index contributed by atoms with van der Waals surface area (Å²) in [5.41, 5.74) is 3.05. The Bertz CT molecular complexity index is 283. The molecule has 0 aliphatic carbocycles. The average Bonchev–Trinajstić information content (AvgIpc) is 2.24. The molecule has 16 heavy (non-hydrogen) atoms. The Morgan fingerprint density at radius 2 is 1.31 bits per heavy atom. The Hall–Kier alpha value is 0.959. The monoisotopic (exact) mass is 386 g/mol. The van der Waals surface area contributed by atoms with Gasteiger partial charge in [-0.25, -0.2) is 0 Å². The Labute approximate surface area is 122 Å². The molecule has 0 bridgehead atoms. The maximum atomic E-state index is 4.47. The first-order valence-electron chi connectivity index (χ1n) is 5.25. The van der Waals surface area contributed by atoms with Crippen LogP contribution in [0.25, 0.3) is 0 Å². The van der Waals surface area contributed by atoms with Gasteiger partial charge in [0.05, 0.1) is 0 Å². The normalized spacial score (nSPS) is 14.8. The van der Waals surface area contributed by atoms with Crippen LogP contribution in [0.1, 0.15) is 25.0 Å². The molecule has 0 saturated carbocycles. The van der Waals surface area contributed by atoms with Crippen LogP contribution in [0.3, 0.4) is 0 Å². The standard InChI is InChI=1S/C12H18S2Se2/c1-9(13)15-7-11-5-3-4-6-12(11)8-16-10(2)14/h3-6,9-10,13-14H,7-8H2,1-2H3. The second kappa shape index (κ2) is 8.13. The Morgan fingerprint density at radius 3 is 1.62 bits per heavy atom. The molecule has 1 aromatic carbocycles. The minimum atomic E-state index is 0.551. The molecular weight excluding hydrogens is 366 g/mol. The predicted octanol–water partition coefficient (Wildman–Crippen LogP) is 2.65. The van der Waals surface area contributed by atoms with Crippen molar-refractivity contribution in [1.82, 2.24) is 0 Å². The van der Waals surface area contributed by atoms with Gasteiger partial charge in [-0.1, -0.05) is 0 Å². The van der Waals surface area contributed by atoms with Gasteiger partial charge in [0, 0.05) is 0 Å². The number of benzene rings is 1. The van der Waals surface area contributed by atoms with Gasteiger partial charge in [0.1, 0.15) is 0 Å². The first-order chi connectivity index (χ1) is 7.59. The van der Waals surface area contributed by atoms with Crippen LogP contribution in [0.15, 0.2) is 24.3 Å². The van der Waals surface area contributed by atoms with Crippen LogP contribution in [0.5, 0.6) is 0 Å². The Balaban J connectivity index is 2.60. The van der Waals surface area contributed by atoms with Crippen molar-refractivity contribution in [3.63, 3.8) is 0 Å². The van der Waals surface area contributed by atoms with Crippen molar-refractivity contribution < 1.29 is 0 Å². The molecule has 0 aliphatic rings. The minimum absolute atomic E-state index is 0.551. The molecule has 90 valence electrons. The van der Waals surface area contributed by atoms with Gasteiger partial charge in [0.15, 0.2) is 0 Å². The molecule has 0 aliphatic heterocycles. The van der Waals surface area contributed by atoms with Gasteiger partial charge >= 0.3 is 123 Å². The fourth-order valence-corrected chi connectivity index (χ4v) is 4.98. The molecule has 0 aromatic heterocycles. The van der Waals surface area contributed by atoms with Crippen LogP contribution in [0.2, 0.25) is 0 Å². The van der Waals surface area contributed by atoms with Gasteiger partial charge in [-0.2, -0.15) is 0 Å². The summed E-state index contributed by atoms with van der Waals surface area (Å²) in [5, 5.41) is 2.43. The van der Waals surface area contributed by atoms with Gasteiger partial charge in [-0.05, 0) is 0 Å². The van der Waals surface area contributed by atoms with Gasteiger partial charge < -0.3 is 0 Å². The molecule has 1 aromatic rings. The van der Waals surface area contributed by atoms with E-state index in [1.54, 1.807) is 0 Å². The molecule has 0 nitrogen and oxygen atoms in total. The van der Waals surface area contributed by atoms with Crippen molar-refractivity contribution in [3.05, 3.63) is 35.4 Å². The zero-order valence-corrected chi connectivity index (χ0v) is 14.8. The van der Waals surface area contributed by atoms with E-state index in [4.69, 9.17) is 0 Å². The molecular formula is C12H18S2Se2. The maximum absolute atomic E-state index is 4.47. The van der Waals surface area contributed by atoms with Crippen molar-refractivity contribution in [2.45, 2.75) is 32.8 Å². The predicted molar refractivity (Wildman–Crippen MR) is 82.3 cm³/mol. The second-order valence-corrected chi connectivity index (χ2v) is 12.3. The Kier molecular flexibility index (Phi) is 7.63. The van der Waals surface area contributed by atoms with E-state index in [0.29, 0.717) is 38.2 Å². The summed E-state index contributed by atoms with van der Waals surface area (Å²) >= 11 is 10.2. The summed E-state index contributed by atoms with van der Waals surface area (Å²) in [7, 11) is 0. The van der Waals surface area contributed by atoms with Crippen LogP contribution in [-0.4, -0.2) is 38.2 Å². The first-order valence-corrected chi connectivity index (χ1v) is 10.7. The van der Waals surface area contributed by atoms with Gasteiger partial charge in [-0.3, -0.25) is 0 Å².